The minimum absolute atomic E-state index is 0.177. The van der Waals surface area contributed by atoms with Crippen LogP contribution in [0.25, 0.3) is 0 Å². The van der Waals surface area contributed by atoms with Gasteiger partial charge in [0.2, 0.25) is 5.95 Å². The molecule has 0 radical (unpaired) electrons. The van der Waals surface area contributed by atoms with Crippen LogP contribution in [0.15, 0.2) is 6.07 Å². The Morgan fingerprint density at radius 1 is 1.30 bits per heavy atom. The van der Waals surface area contributed by atoms with E-state index in [-0.39, 0.29) is 12.5 Å². The summed E-state index contributed by atoms with van der Waals surface area (Å²) in [7, 11) is 0. The number of carbonyl (C=O) groups excluding carboxylic acids is 1. The molecule has 1 aromatic rings. The number of aliphatic hydroxyl groups is 1. The van der Waals surface area contributed by atoms with Crippen molar-refractivity contribution in [2.45, 2.75) is 38.2 Å². The third-order valence-corrected chi connectivity index (χ3v) is 4.50. The Morgan fingerprint density at radius 3 is 2.74 bits per heavy atom. The Kier molecular flexibility index (Phi) is 4.18. The molecule has 1 atom stereocenters. The highest BCUT2D eigenvalue weighted by molar-refractivity contribution is 5.86. The van der Waals surface area contributed by atoms with Gasteiger partial charge in [0.15, 0.2) is 5.60 Å². The van der Waals surface area contributed by atoms with Gasteiger partial charge >= 0.3 is 0 Å². The molecule has 7 heteroatoms. The SMILES string of the molecule is Cc1cc(C#N)nc(N2CCC[C@](O)(C(=O)N3CCCC3)C2)n1. The molecule has 2 saturated heterocycles. The Morgan fingerprint density at radius 2 is 2.04 bits per heavy atom. The number of nitriles is 1. The molecule has 23 heavy (non-hydrogen) atoms. The van der Waals surface area contributed by atoms with E-state index in [1.807, 2.05) is 11.0 Å². The number of aryl methyl sites for hydroxylation is 1. The number of carbonyl (C=O) groups is 1. The summed E-state index contributed by atoms with van der Waals surface area (Å²) in [5, 5.41) is 19.9. The molecule has 0 aromatic carbocycles. The second kappa shape index (κ2) is 6.13. The van der Waals surface area contributed by atoms with Crippen LogP contribution in [0.4, 0.5) is 5.95 Å². The number of aromatic nitrogens is 2. The first-order valence-electron chi connectivity index (χ1n) is 8.04. The molecule has 0 aliphatic carbocycles. The van der Waals surface area contributed by atoms with Crippen molar-refractivity contribution in [1.29, 1.82) is 5.26 Å². The standard InChI is InChI=1S/C16H21N5O2/c1-12-9-13(10-17)19-15(18-12)21-8-4-5-16(23,11-21)14(22)20-6-2-3-7-20/h9,23H,2-8,11H2,1H3/t16-/m1/s1. The largest absolute Gasteiger partial charge is 0.378 e. The molecule has 2 aliphatic heterocycles. The minimum atomic E-state index is -1.39. The number of β-amino-alcohol motifs (C(OH)–C–C–N with tert-alkyl or cyclic N) is 1. The molecular weight excluding hydrogens is 294 g/mol. The summed E-state index contributed by atoms with van der Waals surface area (Å²) in [5.41, 5.74) is -0.387. The molecular formula is C16H21N5O2. The van der Waals surface area contributed by atoms with E-state index >= 15 is 0 Å². The van der Waals surface area contributed by atoms with Gasteiger partial charge in [0.25, 0.3) is 5.91 Å². The van der Waals surface area contributed by atoms with Crippen molar-refractivity contribution in [3.05, 3.63) is 17.5 Å². The molecule has 0 saturated carbocycles. The molecule has 3 heterocycles. The topological polar surface area (TPSA) is 93.3 Å². The third-order valence-electron chi connectivity index (χ3n) is 4.50. The van der Waals surface area contributed by atoms with Gasteiger partial charge in [-0.3, -0.25) is 4.79 Å². The third kappa shape index (κ3) is 3.13. The number of amides is 1. The van der Waals surface area contributed by atoms with Crippen molar-refractivity contribution in [1.82, 2.24) is 14.9 Å². The van der Waals surface area contributed by atoms with Crippen LogP contribution in [0.2, 0.25) is 0 Å². The van der Waals surface area contributed by atoms with Crippen LogP contribution in [0.1, 0.15) is 37.1 Å². The summed E-state index contributed by atoms with van der Waals surface area (Å²) >= 11 is 0. The lowest BCUT2D eigenvalue weighted by molar-refractivity contribution is -0.151. The molecule has 1 aromatic heterocycles. The second-order valence-electron chi connectivity index (χ2n) is 6.36. The molecule has 0 spiro atoms. The number of anilines is 1. The molecule has 0 bridgehead atoms. The van der Waals surface area contributed by atoms with Gasteiger partial charge < -0.3 is 14.9 Å². The van der Waals surface area contributed by atoms with Gasteiger partial charge in [-0.15, -0.1) is 0 Å². The monoisotopic (exact) mass is 315 g/mol. The number of rotatable bonds is 2. The lowest BCUT2D eigenvalue weighted by atomic mass is 9.91. The smallest absolute Gasteiger partial charge is 0.256 e. The fourth-order valence-electron chi connectivity index (χ4n) is 3.35. The Balaban J connectivity index is 1.81. The van der Waals surface area contributed by atoms with Crippen LogP contribution in [0.5, 0.6) is 0 Å². The molecule has 122 valence electrons. The van der Waals surface area contributed by atoms with Gasteiger partial charge in [-0.1, -0.05) is 0 Å². The first-order valence-corrected chi connectivity index (χ1v) is 8.04. The zero-order chi connectivity index (χ0) is 16.4. The number of hydrogen-bond acceptors (Lipinski definition) is 6. The van der Waals surface area contributed by atoms with E-state index in [0.717, 1.165) is 25.9 Å². The van der Waals surface area contributed by atoms with Gasteiger partial charge in [-0.2, -0.15) is 5.26 Å². The Bertz CT molecular complexity index is 650. The van der Waals surface area contributed by atoms with Crippen molar-refractivity contribution >= 4 is 11.9 Å². The van der Waals surface area contributed by atoms with Gasteiger partial charge in [-0.05, 0) is 38.7 Å². The highest BCUT2D eigenvalue weighted by Gasteiger charge is 2.43. The first kappa shape index (κ1) is 15.7. The predicted octanol–water partition coefficient (Wildman–Crippen LogP) is 0.610. The first-order chi connectivity index (χ1) is 11.0. The lowest BCUT2D eigenvalue weighted by Gasteiger charge is -2.39. The zero-order valence-electron chi connectivity index (χ0n) is 13.3. The van der Waals surface area contributed by atoms with Crippen LogP contribution in [0.3, 0.4) is 0 Å². The zero-order valence-corrected chi connectivity index (χ0v) is 13.3. The number of likely N-dealkylation sites (tertiary alicyclic amines) is 1. The fourth-order valence-corrected chi connectivity index (χ4v) is 3.35. The van der Waals surface area contributed by atoms with E-state index in [0.29, 0.717) is 36.7 Å². The summed E-state index contributed by atoms with van der Waals surface area (Å²) in [5.74, 6) is 0.224. The highest BCUT2D eigenvalue weighted by atomic mass is 16.3. The van der Waals surface area contributed by atoms with E-state index in [1.54, 1.807) is 17.9 Å². The van der Waals surface area contributed by atoms with Crippen LogP contribution >= 0.6 is 0 Å². The second-order valence-corrected chi connectivity index (χ2v) is 6.36. The Labute approximate surface area is 135 Å². The quantitative estimate of drug-likeness (QED) is 0.859. The number of piperidine rings is 1. The summed E-state index contributed by atoms with van der Waals surface area (Å²) < 4.78 is 0. The predicted molar refractivity (Wildman–Crippen MR) is 83.7 cm³/mol. The highest BCUT2D eigenvalue weighted by Crippen LogP contribution is 2.27. The molecule has 0 unspecified atom stereocenters. The maximum atomic E-state index is 12.6. The van der Waals surface area contributed by atoms with Crippen LogP contribution < -0.4 is 4.90 Å². The van der Waals surface area contributed by atoms with E-state index in [1.165, 1.54) is 0 Å². The lowest BCUT2D eigenvalue weighted by Crippen LogP contribution is -2.58. The molecule has 1 N–H and O–H groups in total. The Hall–Kier alpha value is -2.20. The average molecular weight is 315 g/mol. The van der Waals surface area contributed by atoms with E-state index in [2.05, 4.69) is 9.97 Å². The molecule has 7 nitrogen and oxygen atoms in total. The van der Waals surface area contributed by atoms with E-state index in [4.69, 9.17) is 5.26 Å². The van der Waals surface area contributed by atoms with Gasteiger partial charge in [0.1, 0.15) is 11.8 Å². The van der Waals surface area contributed by atoms with Gasteiger partial charge in [0.05, 0.1) is 6.54 Å². The molecule has 3 rings (SSSR count). The van der Waals surface area contributed by atoms with Gasteiger partial charge in [-0.25, -0.2) is 9.97 Å². The molecule has 1 amide bonds. The normalized spacial score (nSPS) is 24.6. The minimum Gasteiger partial charge on any atom is -0.378 e. The molecule has 2 fully saturated rings. The number of nitrogens with zero attached hydrogens (tertiary/aromatic N) is 5. The summed E-state index contributed by atoms with van der Waals surface area (Å²) in [6.07, 6.45) is 3.14. The van der Waals surface area contributed by atoms with Crippen LogP contribution in [0, 0.1) is 18.3 Å². The van der Waals surface area contributed by atoms with Crippen molar-refractivity contribution in [2.24, 2.45) is 0 Å². The van der Waals surface area contributed by atoms with Crippen molar-refractivity contribution < 1.29 is 9.90 Å². The summed E-state index contributed by atoms with van der Waals surface area (Å²) in [6.45, 7) is 4.10. The summed E-state index contributed by atoms with van der Waals surface area (Å²) in [6, 6.07) is 3.64. The van der Waals surface area contributed by atoms with Crippen molar-refractivity contribution in [3.63, 3.8) is 0 Å². The summed E-state index contributed by atoms with van der Waals surface area (Å²) in [4.78, 5) is 24.8. The van der Waals surface area contributed by atoms with Crippen LogP contribution in [-0.2, 0) is 4.79 Å². The van der Waals surface area contributed by atoms with E-state index in [9.17, 15) is 9.90 Å². The van der Waals surface area contributed by atoms with Crippen molar-refractivity contribution in [2.75, 3.05) is 31.1 Å². The maximum absolute atomic E-state index is 12.6. The van der Waals surface area contributed by atoms with Gasteiger partial charge in [0, 0.05) is 25.3 Å². The van der Waals surface area contributed by atoms with Crippen molar-refractivity contribution in [3.8, 4) is 6.07 Å². The average Bonchev–Trinajstić information content (AvgIpc) is 3.08. The van der Waals surface area contributed by atoms with E-state index < -0.39 is 5.60 Å². The fraction of sp³-hybridized carbons (Fsp3) is 0.625. The number of hydrogen-bond donors (Lipinski definition) is 1. The van der Waals surface area contributed by atoms with Crippen LogP contribution in [-0.4, -0.2) is 57.7 Å². The maximum Gasteiger partial charge on any atom is 0.256 e. The molecule has 2 aliphatic rings.